The quantitative estimate of drug-likeness (QED) is 0.547. The van der Waals surface area contributed by atoms with E-state index in [4.69, 9.17) is 11.6 Å². The summed E-state index contributed by atoms with van der Waals surface area (Å²) < 4.78 is 27.8. The first-order valence-corrected chi connectivity index (χ1v) is 11.3. The molecule has 0 bridgehead atoms. The molecule has 0 aromatic heterocycles. The van der Waals surface area contributed by atoms with E-state index in [-0.39, 0.29) is 33.1 Å². The van der Waals surface area contributed by atoms with E-state index in [0.717, 1.165) is 16.7 Å². The van der Waals surface area contributed by atoms with E-state index in [1.54, 1.807) is 12.1 Å². The summed E-state index contributed by atoms with van der Waals surface area (Å²) in [5.74, 6) is -0.382. The summed E-state index contributed by atoms with van der Waals surface area (Å²) in [7, 11) is -3.78. The number of carbonyl (C=O) groups is 1. The number of aryl methyl sites for hydroxylation is 2. The molecule has 0 aliphatic carbocycles. The van der Waals surface area contributed by atoms with Gasteiger partial charge in [0, 0.05) is 5.69 Å². The van der Waals surface area contributed by atoms with Gasteiger partial charge in [-0.25, -0.2) is 8.42 Å². The summed E-state index contributed by atoms with van der Waals surface area (Å²) in [4.78, 5) is 13.0. The number of sulfonamides is 1. The molecule has 2 N–H and O–H groups in total. The van der Waals surface area contributed by atoms with Gasteiger partial charge in [-0.2, -0.15) is 0 Å². The topological polar surface area (TPSA) is 75.3 Å². The van der Waals surface area contributed by atoms with Crippen molar-refractivity contribution in [3.63, 3.8) is 0 Å². The highest BCUT2D eigenvalue weighted by atomic mass is 35.5. The average Bonchev–Trinajstić information content (AvgIpc) is 2.69. The van der Waals surface area contributed by atoms with Gasteiger partial charge in [0.2, 0.25) is 0 Å². The summed E-state index contributed by atoms with van der Waals surface area (Å²) in [5.41, 5.74) is 3.48. The third kappa shape index (κ3) is 5.01. The highest BCUT2D eigenvalue weighted by molar-refractivity contribution is 7.92. The second kappa shape index (κ2) is 8.90. The van der Waals surface area contributed by atoms with Gasteiger partial charge in [-0.3, -0.25) is 9.52 Å². The van der Waals surface area contributed by atoms with Gasteiger partial charge in [-0.1, -0.05) is 53.6 Å². The number of hydrogen-bond donors (Lipinski definition) is 2. The third-order valence-electron chi connectivity index (χ3n) is 4.80. The van der Waals surface area contributed by atoms with Gasteiger partial charge in [0.15, 0.2) is 0 Å². The molecule has 0 heterocycles. The number of anilines is 1. The van der Waals surface area contributed by atoms with E-state index in [2.05, 4.69) is 10.0 Å². The van der Waals surface area contributed by atoms with Crippen LogP contribution in [0, 0.1) is 13.8 Å². The summed E-state index contributed by atoms with van der Waals surface area (Å²) in [6.45, 7) is 5.75. The minimum absolute atomic E-state index is 0.141. The minimum atomic E-state index is -3.78. The summed E-state index contributed by atoms with van der Waals surface area (Å²) in [6.07, 6.45) is 0. The SMILES string of the molecule is Cc1ccc(S(=O)(=O)Nc2ccc(Cl)c(C(=O)N[C@@H](C)c3ccccc3C)c2)cc1. The molecule has 3 rings (SSSR count). The van der Waals surface area contributed by atoms with Crippen LogP contribution in [-0.2, 0) is 10.0 Å². The molecule has 7 heteroatoms. The molecule has 3 aromatic rings. The van der Waals surface area contributed by atoms with Crippen molar-refractivity contribution in [2.24, 2.45) is 0 Å². The number of rotatable bonds is 6. The van der Waals surface area contributed by atoms with Gasteiger partial charge in [0.25, 0.3) is 15.9 Å². The maximum atomic E-state index is 12.8. The second-order valence-corrected chi connectivity index (χ2v) is 9.25. The maximum absolute atomic E-state index is 12.8. The Labute approximate surface area is 182 Å². The predicted octanol–water partition coefficient (Wildman–Crippen LogP) is 5.25. The first-order valence-electron chi connectivity index (χ1n) is 9.43. The molecule has 1 amide bonds. The van der Waals surface area contributed by atoms with Gasteiger partial charge < -0.3 is 5.32 Å². The Morgan fingerprint density at radius 1 is 0.967 bits per heavy atom. The summed E-state index contributed by atoms with van der Waals surface area (Å²) in [6, 6.07) is 18.5. The fourth-order valence-corrected chi connectivity index (χ4v) is 4.37. The Kier molecular flexibility index (Phi) is 6.48. The highest BCUT2D eigenvalue weighted by Gasteiger charge is 2.18. The molecule has 156 valence electrons. The van der Waals surface area contributed by atoms with Crippen LogP contribution in [0.15, 0.2) is 71.6 Å². The van der Waals surface area contributed by atoms with Crippen LogP contribution in [0.5, 0.6) is 0 Å². The van der Waals surface area contributed by atoms with Crippen LogP contribution in [0.25, 0.3) is 0 Å². The molecule has 0 saturated heterocycles. The van der Waals surface area contributed by atoms with Crippen molar-refractivity contribution in [1.82, 2.24) is 5.32 Å². The number of benzene rings is 3. The minimum Gasteiger partial charge on any atom is -0.345 e. The Morgan fingerprint density at radius 2 is 1.63 bits per heavy atom. The van der Waals surface area contributed by atoms with Crippen LogP contribution in [0.3, 0.4) is 0 Å². The van der Waals surface area contributed by atoms with Crippen LogP contribution >= 0.6 is 11.6 Å². The molecular formula is C23H23ClN2O3S. The van der Waals surface area contributed by atoms with E-state index in [0.29, 0.717) is 0 Å². The largest absolute Gasteiger partial charge is 0.345 e. The first-order chi connectivity index (χ1) is 14.2. The predicted molar refractivity (Wildman–Crippen MR) is 120 cm³/mol. The molecule has 0 aliphatic rings. The zero-order valence-corrected chi connectivity index (χ0v) is 18.5. The smallest absolute Gasteiger partial charge is 0.261 e. The number of nitrogens with one attached hydrogen (secondary N) is 2. The Hall–Kier alpha value is -2.83. The van der Waals surface area contributed by atoms with Crippen LogP contribution in [0.2, 0.25) is 5.02 Å². The zero-order valence-electron chi connectivity index (χ0n) is 16.9. The van der Waals surface area contributed by atoms with E-state index >= 15 is 0 Å². The van der Waals surface area contributed by atoms with Gasteiger partial charge in [0.1, 0.15) is 0 Å². The van der Waals surface area contributed by atoms with E-state index < -0.39 is 10.0 Å². The molecule has 3 aromatic carbocycles. The molecule has 5 nitrogen and oxygen atoms in total. The molecule has 0 fully saturated rings. The van der Waals surface area contributed by atoms with Crippen LogP contribution in [-0.4, -0.2) is 14.3 Å². The normalized spacial score (nSPS) is 12.3. The average molecular weight is 443 g/mol. The molecular weight excluding hydrogens is 420 g/mol. The molecule has 0 radical (unpaired) electrons. The van der Waals surface area contributed by atoms with Crippen molar-refractivity contribution in [3.05, 3.63) is 94.0 Å². The van der Waals surface area contributed by atoms with Gasteiger partial charge in [-0.05, 0) is 62.2 Å². The van der Waals surface area contributed by atoms with Gasteiger partial charge in [0.05, 0.1) is 21.5 Å². The Morgan fingerprint density at radius 3 is 2.30 bits per heavy atom. The van der Waals surface area contributed by atoms with Crippen molar-refractivity contribution in [2.75, 3.05) is 4.72 Å². The third-order valence-corrected chi connectivity index (χ3v) is 6.52. The van der Waals surface area contributed by atoms with Gasteiger partial charge >= 0.3 is 0 Å². The fourth-order valence-electron chi connectivity index (χ4n) is 3.12. The van der Waals surface area contributed by atoms with Crippen molar-refractivity contribution in [3.8, 4) is 0 Å². The van der Waals surface area contributed by atoms with E-state index in [9.17, 15) is 13.2 Å². The monoisotopic (exact) mass is 442 g/mol. The lowest BCUT2D eigenvalue weighted by atomic mass is 10.0. The van der Waals surface area contributed by atoms with Crippen molar-refractivity contribution in [2.45, 2.75) is 31.7 Å². The van der Waals surface area contributed by atoms with Crippen molar-refractivity contribution >= 4 is 33.2 Å². The second-order valence-electron chi connectivity index (χ2n) is 7.16. The number of halogens is 1. The summed E-state index contributed by atoms with van der Waals surface area (Å²) >= 11 is 6.22. The zero-order chi connectivity index (χ0) is 21.9. The molecule has 0 saturated carbocycles. The van der Waals surface area contributed by atoms with E-state index in [1.807, 2.05) is 45.0 Å². The van der Waals surface area contributed by atoms with Crippen LogP contribution < -0.4 is 10.0 Å². The lowest BCUT2D eigenvalue weighted by Gasteiger charge is -2.17. The lowest BCUT2D eigenvalue weighted by Crippen LogP contribution is -2.27. The number of hydrogen-bond acceptors (Lipinski definition) is 3. The Bertz CT molecular complexity index is 1180. The van der Waals surface area contributed by atoms with Crippen LogP contribution in [0.4, 0.5) is 5.69 Å². The Balaban J connectivity index is 1.82. The van der Waals surface area contributed by atoms with Crippen LogP contribution in [0.1, 0.15) is 40.0 Å². The number of carbonyl (C=O) groups excluding carboxylic acids is 1. The van der Waals surface area contributed by atoms with Gasteiger partial charge in [-0.15, -0.1) is 0 Å². The molecule has 30 heavy (non-hydrogen) atoms. The lowest BCUT2D eigenvalue weighted by molar-refractivity contribution is 0.0940. The highest BCUT2D eigenvalue weighted by Crippen LogP contribution is 2.24. The first kappa shape index (κ1) is 21.9. The standard InChI is InChI=1S/C23H23ClN2O3S/c1-15-8-11-19(12-9-15)30(28,29)26-18-10-13-22(24)21(14-18)23(27)25-17(3)20-7-5-4-6-16(20)2/h4-14,17,26H,1-3H3,(H,25,27)/t17-/m0/s1. The molecule has 0 aliphatic heterocycles. The van der Waals surface area contributed by atoms with Crippen molar-refractivity contribution < 1.29 is 13.2 Å². The molecule has 0 unspecified atom stereocenters. The van der Waals surface area contributed by atoms with E-state index in [1.165, 1.54) is 30.3 Å². The summed E-state index contributed by atoms with van der Waals surface area (Å²) in [5, 5.41) is 3.16. The molecule has 0 spiro atoms. The fraction of sp³-hybridized carbons (Fsp3) is 0.174. The van der Waals surface area contributed by atoms with Crippen molar-refractivity contribution in [1.29, 1.82) is 0 Å². The molecule has 1 atom stereocenters. The maximum Gasteiger partial charge on any atom is 0.261 e. The number of amides is 1.